The molecular formula is C18H13F3N8O2S. The summed E-state index contributed by atoms with van der Waals surface area (Å²) in [5.41, 5.74) is 0.223. The van der Waals surface area contributed by atoms with Gasteiger partial charge in [0.05, 0.1) is 10.4 Å². The number of nitrogens with zero attached hydrogens (tertiary/aromatic N) is 8. The van der Waals surface area contributed by atoms with Crippen molar-refractivity contribution in [3.63, 3.8) is 0 Å². The zero-order valence-corrected chi connectivity index (χ0v) is 17.3. The summed E-state index contributed by atoms with van der Waals surface area (Å²) in [6, 6.07) is 0.539. The maximum Gasteiger partial charge on any atom is 0.433 e. The van der Waals surface area contributed by atoms with Crippen molar-refractivity contribution in [2.45, 2.75) is 32.5 Å². The summed E-state index contributed by atoms with van der Waals surface area (Å²) in [6.45, 7) is 3.45. The van der Waals surface area contributed by atoms with Crippen LogP contribution in [0.2, 0.25) is 0 Å². The van der Waals surface area contributed by atoms with Gasteiger partial charge in [-0.05, 0) is 25.0 Å². The van der Waals surface area contributed by atoms with Crippen LogP contribution in [0.15, 0.2) is 24.8 Å². The predicted octanol–water partition coefficient (Wildman–Crippen LogP) is 4.32. The maximum atomic E-state index is 13.2. The maximum absolute atomic E-state index is 13.2. The quantitative estimate of drug-likeness (QED) is 0.288. The van der Waals surface area contributed by atoms with Gasteiger partial charge in [-0.15, -0.1) is 16.4 Å². The van der Waals surface area contributed by atoms with Crippen LogP contribution in [0.3, 0.4) is 0 Å². The highest BCUT2D eigenvalue weighted by Crippen LogP contribution is 2.38. The molecule has 5 aromatic rings. The van der Waals surface area contributed by atoms with Crippen LogP contribution in [0.1, 0.15) is 36.5 Å². The average molecular weight is 462 g/mol. The number of hydrogen-bond acceptors (Lipinski definition) is 8. The Hall–Kier alpha value is -3.68. The number of hydrogen-bond donors (Lipinski definition) is 0. The highest BCUT2D eigenvalue weighted by atomic mass is 32.1. The van der Waals surface area contributed by atoms with E-state index in [1.165, 1.54) is 21.7 Å². The highest BCUT2D eigenvalue weighted by molar-refractivity contribution is 7.26. The van der Waals surface area contributed by atoms with Gasteiger partial charge >= 0.3 is 11.9 Å². The molecule has 14 heteroatoms. The van der Waals surface area contributed by atoms with Crippen molar-refractivity contribution >= 4 is 43.1 Å². The van der Waals surface area contributed by atoms with E-state index < -0.39 is 22.8 Å². The van der Waals surface area contributed by atoms with E-state index in [-0.39, 0.29) is 10.5 Å². The Morgan fingerprint density at radius 3 is 2.75 bits per heavy atom. The second kappa shape index (κ2) is 6.91. The van der Waals surface area contributed by atoms with Gasteiger partial charge in [0.2, 0.25) is 0 Å². The number of rotatable bonds is 4. The second-order valence-electron chi connectivity index (χ2n) is 7.12. The summed E-state index contributed by atoms with van der Waals surface area (Å²) in [5, 5.41) is 20.0. The van der Waals surface area contributed by atoms with Crippen molar-refractivity contribution in [3.05, 3.63) is 52.0 Å². The van der Waals surface area contributed by atoms with Crippen LogP contribution in [-0.2, 0) is 6.18 Å². The molecule has 0 amide bonds. The molecule has 0 aromatic carbocycles. The summed E-state index contributed by atoms with van der Waals surface area (Å²) in [5.74, 6) is 0.359. The van der Waals surface area contributed by atoms with E-state index in [0.717, 1.165) is 23.6 Å². The molecule has 0 aliphatic rings. The predicted molar refractivity (Wildman–Crippen MR) is 109 cm³/mol. The lowest BCUT2D eigenvalue weighted by atomic mass is 10.1. The highest BCUT2D eigenvalue weighted by Gasteiger charge is 2.34. The molecule has 5 heterocycles. The standard InChI is InChI=1S/C18H13F3N8O2S/c1-3-10(27-6-9(5-23-27)29(30)31)15-25-16-14-13(22-7-28(16)26-15)12-8(2)4-11(18(19,20)21)24-17(12)32-14/h4-7,10H,3H2,1-2H3. The zero-order chi connectivity index (χ0) is 22.8. The van der Waals surface area contributed by atoms with Crippen molar-refractivity contribution in [1.82, 2.24) is 34.3 Å². The lowest BCUT2D eigenvalue weighted by Gasteiger charge is -2.10. The van der Waals surface area contributed by atoms with Crippen molar-refractivity contribution in [2.24, 2.45) is 0 Å². The van der Waals surface area contributed by atoms with Crippen LogP contribution >= 0.6 is 11.3 Å². The van der Waals surface area contributed by atoms with Gasteiger partial charge in [0.15, 0.2) is 11.5 Å². The van der Waals surface area contributed by atoms with Gasteiger partial charge < -0.3 is 0 Å². The molecule has 164 valence electrons. The van der Waals surface area contributed by atoms with Gasteiger partial charge in [-0.2, -0.15) is 18.3 Å². The van der Waals surface area contributed by atoms with Crippen LogP contribution in [-0.4, -0.2) is 39.3 Å². The summed E-state index contributed by atoms with van der Waals surface area (Å²) < 4.78 is 43.0. The largest absolute Gasteiger partial charge is 0.433 e. The number of nitro groups is 1. The van der Waals surface area contributed by atoms with E-state index in [1.807, 2.05) is 6.92 Å². The number of aryl methyl sites for hydroxylation is 1. The first kappa shape index (κ1) is 20.2. The second-order valence-corrected chi connectivity index (χ2v) is 8.12. The molecule has 0 N–H and O–H groups in total. The average Bonchev–Trinajstić information content (AvgIpc) is 3.43. The van der Waals surface area contributed by atoms with Crippen LogP contribution in [0, 0.1) is 17.0 Å². The molecule has 5 rings (SSSR count). The van der Waals surface area contributed by atoms with Crippen molar-refractivity contribution in [2.75, 3.05) is 0 Å². The summed E-state index contributed by atoms with van der Waals surface area (Å²) in [4.78, 5) is 23.4. The fraction of sp³-hybridized carbons (Fsp3) is 0.278. The Kier molecular flexibility index (Phi) is 4.37. The van der Waals surface area contributed by atoms with E-state index in [1.54, 1.807) is 6.92 Å². The summed E-state index contributed by atoms with van der Waals surface area (Å²) >= 11 is 1.06. The third kappa shape index (κ3) is 3.05. The molecular weight excluding hydrogens is 449 g/mol. The molecule has 0 saturated carbocycles. The van der Waals surface area contributed by atoms with Gasteiger partial charge in [0.1, 0.15) is 40.0 Å². The SMILES string of the molecule is CCC(c1nc2c3sc4nc(C(F)(F)F)cc(C)c4c3ncn2n1)n1cc([N+](=O)[O-])cn1. The molecule has 0 fully saturated rings. The zero-order valence-electron chi connectivity index (χ0n) is 16.5. The molecule has 1 unspecified atom stereocenters. The van der Waals surface area contributed by atoms with Gasteiger partial charge in [0, 0.05) is 5.39 Å². The number of thiophene rings is 1. The third-order valence-electron chi connectivity index (χ3n) is 5.07. The Bertz CT molecular complexity index is 1520. The monoisotopic (exact) mass is 462 g/mol. The molecule has 0 aliphatic carbocycles. The molecule has 0 bridgehead atoms. The van der Waals surface area contributed by atoms with Crippen LogP contribution in [0.5, 0.6) is 0 Å². The van der Waals surface area contributed by atoms with E-state index >= 15 is 0 Å². The number of fused-ring (bicyclic) bond motifs is 5. The molecule has 0 saturated heterocycles. The molecule has 0 spiro atoms. The number of alkyl halides is 3. The van der Waals surface area contributed by atoms with Crippen LogP contribution < -0.4 is 0 Å². The lowest BCUT2D eigenvalue weighted by Crippen LogP contribution is -2.12. The molecule has 0 radical (unpaired) electrons. The Balaban J connectivity index is 1.69. The topological polar surface area (TPSA) is 117 Å². The first-order valence-electron chi connectivity index (χ1n) is 9.38. The van der Waals surface area contributed by atoms with Crippen LogP contribution in [0.25, 0.3) is 26.1 Å². The minimum Gasteiger partial charge on any atom is -0.258 e. The minimum atomic E-state index is -4.55. The minimum absolute atomic E-state index is 0.150. The fourth-order valence-electron chi connectivity index (χ4n) is 3.59. The molecule has 1 atom stereocenters. The van der Waals surface area contributed by atoms with Gasteiger partial charge in [-0.1, -0.05) is 6.92 Å². The third-order valence-corrected chi connectivity index (χ3v) is 6.14. The number of pyridine rings is 1. The van der Waals surface area contributed by atoms with Crippen molar-refractivity contribution < 1.29 is 18.1 Å². The van der Waals surface area contributed by atoms with Crippen molar-refractivity contribution in [3.8, 4) is 0 Å². The summed E-state index contributed by atoms with van der Waals surface area (Å²) in [6.07, 6.45) is -0.152. The first-order chi connectivity index (χ1) is 15.2. The van der Waals surface area contributed by atoms with Gasteiger partial charge in [0.25, 0.3) is 0 Å². The molecule has 0 aliphatic heterocycles. The van der Waals surface area contributed by atoms with Crippen LogP contribution in [0.4, 0.5) is 18.9 Å². The van der Waals surface area contributed by atoms with E-state index in [2.05, 4.69) is 25.1 Å². The fourth-order valence-corrected chi connectivity index (χ4v) is 4.77. The van der Waals surface area contributed by atoms with E-state index in [4.69, 9.17) is 0 Å². The Morgan fingerprint density at radius 2 is 2.09 bits per heavy atom. The Morgan fingerprint density at radius 1 is 1.31 bits per heavy atom. The number of aromatic nitrogens is 7. The van der Waals surface area contributed by atoms with Gasteiger partial charge in [-0.3, -0.25) is 14.8 Å². The molecule has 5 aromatic heterocycles. The van der Waals surface area contributed by atoms with E-state index in [9.17, 15) is 23.3 Å². The molecule has 32 heavy (non-hydrogen) atoms. The normalized spacial score (nSPS) is 13.4. The Labute approximate surface area is 180 Å². The smallest absolute Gasteiger partial charge is 0.258 e. The van der Waals surface area contributed by atoms with E-state index in [0.29, 0.717) is 39.1 Å². The first-order valence-corrected chi connectivity index (χ1v) is 10.2. The van der Waals surface area contributed by atoms with Crippen molar-refractivity contribution in [1.29, 1.82) is 0 Å². The van der Waals surface area contributed by atoms with Gasteiger partial charge in [-0.25, -0.2) is 19.5 Å². The lowest BCUT2D eigenvalue weighted by molar-refractivity contribution is -0.385. The molecule has 10 nitrogen and oxygen atoms in total. The number of halogens is 3. The summed E-state index contributed by atoms with van der Waals surface area (Å²) in [7, 11) is 0.